The number of rotatable bonds is 10. The van der Waals surface area contributed by atoms with Gasteiger partial charge in [-0.15, -0.1) is 11.3 Å². The van der Waals surface area contributed by atoms with Crippen molar-refractivity contribution in [1.29, 1.82) is 0 Å². The van der Waals surface area contributed by atoms with E-state index in [1.54, 1.807) is 0 Å². The van der Waals surface area contributed by atoms with Crippen LogP contribution in [0.3, 0.4) is 0 Å². The summed E-state index contributed by atoms with van der Waals surface area (Å²) in [5, 5.41) is 7.24. The molecular formula is C24H30ClN5OS. The summed E-state index contributed by atoms with van der Waals surface area (Å²) in [5.41, 5.74) is 7.99. The van der Waals surface area contributed by atoms with Crippen molar-refractivity contribution in [2.24, 2.45) is 10.7 Å². The molecule has 1 aliphatic heterocycles. The van der Waals surface area contributed by atoms with Crippen LogP contribution in [0.25, 0.3) is 6.08 Å². The lowest BCUT2D eigenvalue weighted by atomic mass is 10.1. The first kappa shape index (κ1) is 24.2. The van der Waals surface area contributed by atoms with E-state index in [2.05, 4.69) is 22.2 Å². The van der Waals surface area contributed by atoms with Crippen LogP contribution >= 0.6 is 22.9 Å². The van der Waals surface area contributed by atoms with Gasteiger partial charge in [0.2, 0.25) is 0 Å². The van der Waals surface area contributed by atoms with Gasteiger partial charge in [0, 0.05) is 61.8 Å². The molecule has 32 heavy (non-hydrogen) atoms. The number of thiophene rings is 1. The van der Waals surface area contributed by atoms with Gasteiger partial charge in [-0.1, -0.05) is 42.5 Å². The van der Waals surface area contributed by atoms with Crippen molar-refractivity contribution in [3.63, 3.8) is 0 Å². The maximum atomic E-state index is 12.7. The Kier molecular flexibility index (Phi) is 9.49. The number of allylic oxidation sites excluding steroid dienone is 1. The third kappa shape index (κ3) is 7.03. The molecule has 1 aliphatic rings. The maximum absolute atomic E-state index is 12.7. The number of nitrogens with one attached hydrogen (secondary N) is 2. The van der Waals surface area contributed by atoms with Crippen LogP contribution in [0.5, 0.6) is 0 Å². The number of nitrogens with zero attached hydrogens (tertiary/aromatic N) is 2. The van der Waals surface area contributed by atoms with E-state index in [1.165, 1.54) is 11.3 Å². The van der Waals surface area contributed by atoms with Crippen LogP contribution in [0.4, 0.5) is 0 Å². The van der Waals surface area contributed by atoms with Crippen LogP contribution in [0, 0.1) is 0 Å². The summed E-state index contributed by atoms with van der Waals surface area (Å²) in [5.74, 6) is 0.708. The molecular weight excluding hydrogens is 442 g/mol. The lowest BCUT2D eigenvalue weighted by Crippen LogP contribution is -2.46. The molecule has 4 N–H and O–H groups in total. The third-order valence-corrected chi connectivity index (χ3v) is 6.62. The van der Waals surface area contributed by atoms with Gasteiger partial charge in [-0.3, -0.25) is 4.79 Å². The molecule has 0 bridgehead atoms. The van der Waals surface area contributed by atoms with Crippen LogP contribution in [-0.4, -0.2) is 49.7 Å². The SMILES string of the molecule is C=C(N=CC/C=C\c1sc(C(=O)N2CCNCC2)cc1CN)NCCc1ccccc1Cl. The first-order valence-electron chi connectivity index (χ1n) is 10.8. The molecule has 3 rings (SSSR count). The molecule has 0 unspecified atom stereocenters. The Balaban J connectivity index is 1.46. The summed E-state index contributed by atoms with van der Waals surface area (Å²) in [6.07, 6.45) is 7.31. The number of benzene rings is 1. The highest BCUT2D eigenvalue weighted by Crippen LogP contribution is 2.25. The molecule has 1 aromatic heterocycles. The van der Waals surface area contributed by atoms with Gasteiger partial charge in [0.15, 0.2) is 0 Å². The summed E-state index contributed by atoms with van der Waals surface area (Å²) in [7, 11) is 0. The molecule has 1 fully saturated rings. The standard InChI is InChI=1S/C24H30ClN5OS/c1-18(29-11-9-19-6-2-3-7-21(19)25)28-10-5-4-8-22-20(17-26)16-23(32-22)24(31)30-14-12-27-13-15-30/h2-4,6-8,10,16,27,29H,1,5,9,11-15,17,26H2/b8-4-,28-10?. The summed E-state index contributed by atoms with van der Waals surface area (Å²) in [6.45, 7) is 8.22. The zero-order valence-corrected chi connectivity index (χ0v) is 19.7. The molecule has 0 spiro atoms. The lowest BCUT2D eigenvalue weighted by Gasteiger charge is -2.26. The second kappa shape index (κ2) is 12.6. The zero-order chi connectivity index (χ0) is 22.8. The molecule has 1 aromatic carbocycles. The molecule has 1 amide bonds. The highest BCUT2D eigenvalue weighted by Gasteiger charge is 2.20. The van der Waals surface area contributed by atoms with Crippen molar-refractivity contribution >= 4 is 41.1 Å². The van der Waals surface area contributed by atoms with Crippen molar-refractivity contribution in [2.75, 3.05) is 32.7 Å². The average Bonchev–Trinajstić information content (AvgIpc) is 3.23. The zero-order valence-electron chi connectivity index (χ0n) is 18.1. The van der Waals surface area contributed by atoms with Crippen LogP contribution in [-0.2, 0) is 13.0 Å². The minimum Gasteiger partial charge on any atom is -0.370 e. The van der Waals surface area contributed by atoms with E-state index in [1.807, 2.05) is 53.6 Å². The molecule has 1 saturated heterocycles. The van der Waals surface area contributed by atoms with Crippen molar-refractivity contribution in [2.45, 2.75) is 19.4 Å². The number of aliphatic imine (C=N–C) groups is 1. The predicted octanol–water partition coefficient (Wildman–Crippen LogP) is 3.68. The van der Waals surface area contributed by atoms with Gasteiger partial charge in [-0.05, 0) is 35.8 Å². The van der Waals surface area contributed by atoms with Crippen LogP contribution in [0.1, 0.15) is 32.1 Å². The maximum Gasteiger partial charge on any atom is 0.264 e. The number of hydrogen-bond acceptors (Lipinski definition) is 6. The van der Waals surface area contributed by atoms with Crippen LogP contribution < -0.4 is 16.4 Å². The van der Waals surface area contributed by atoms with Gasteiger partial charge >= 0.3 is 0 Å². The molecule has 0 saturated carbocycles. The third-order valence-electron chi connectivity index (χ3n) is 5.12. The second-order valence-corrected chi connectivity index (χ2v) is 8.90. The van der Waals surface area contributed by atoms with Crippen molar-refractivity contribution in [3.8, 4) is 0 Å². The van der Waals surface area contributed by atoms with E-state index in [0.29, 0.717) is 25.3 Å². The van der Waals surface area contributed by atoms with Gasteiger partial charge in [-0.25, -0.2) is 4.99 Å². The van der Waals surface area contributed by atoms with Gasteiger partial charge in [0.05, 0.1) is 4.88 Å². The fourth-order valence-electron chi connectivity index (χ4n) is 3.36. The number of nitrogens with two attached hydrogens (primary N) is 1. The number of halogens is 1. The molecule has 2 aromatic rings. The molecule has 0 aliphatic carbocycles. The molecule has 8 heteroatoms. The minimum absolute atomic E-state index is 0.0894. The van der Waals surface area contributed by atoms with E-state index < -0.39 is 0 Å². The van der Waals surface area contributed by atoms with Crippen LogP contribution in [0.2, 0.25) is 5.02 Å². The number of amides is 1. The Hall–Kier alpha value is -2.45. The fraction of sp³-hybridized carbons (Fsp3) is 0.333. The smallest absolute Gasteiger partial charge is 0.264 e. The molecule has 0 atom stereocenters. The highest BCUT2D eigenvalue weighted by atomic mass is 35.5. The normalized spacial score (nSPS) is 14.4. The lowest BCUT2D eigenvalue weighted by molar-refractivity contribution is 0.0740. The number of carbonyl (C=O) groups is 1. The van der Waals surface area contributed by atoms with Gasteiger partial charge in [0.1, 0.15) is 5.82 Å². The van der Waals surface area contributed by atoms with E-state index in [0.717, 1.165) is 58.5 Å². The molecule has 0 radical (unpaired) electrons. The minimum atomic E-state index is 0.0894. The Morgan fingerprint density at radius 2 is 2.09 bits per heavy atom. The van der Waals surface area contributed by atoms with Gasteiger partial charge in [-0.2, -0.15) is 0 Å². The van der Waals surface area contributed by atoms with E-state index in [-0.39, 0.29) is 5.91 Å². The van der Waals surface area contributed by atoms with Crippen molar-refractivity contribution < 1.29 is 4.79 Å². The van der Waals surface area contributed by atoms with Crippen molar-refractivity contribution in [1.82, 2.24) is 15.5 Å². The Morgan fingerprint density at radius 1 is 1.31 bits per heavy atom. The van der Waals surface area contributed by atoms with Gasteiger partial charge in [0.25, 0.3) is 5.91 Å². The molecule has 170 valence electrons. The summed E-state index contributed by atoms with van der Waals surface area (Å²) >= 11 is 7.67. The number of hydrogen-bond donors (Lipinski definition) is 3. The number of piperazine rings is 1. The first-order valence-corrected chi connectivity index (χ1v) is 12.0. The fourth-order valence-corrected chi connectivity index (χ4v) is 4.68. The van der Waals surface area contributed by atoms with E-state index in [4.69, 9.17) is 17.3 Å². The Bertz CT molecular complexity index is 979. The van der Waals surface area contributed by atoms with Crippen molar-refractivity contribution in [3.05, 3.63) is 74.7 Å². The first-order chi connectivity index (χ1) is 15.6. The average molecular weight is 472 g/mol. The van der Waals surface area contributed by atoms with E-state index >= 15 is 0 Å². The molecule has 2 heterocycles. The summed E-state index contributed by atoms with van der Waals surface area (Å²) in [6, 6.07) is 9.74. The van der Waals surface area contributed by atoms with Gasteiger partial charge < -0.3 is 21.3 Å². The number of carbonyl (C=O) groups excluding carboxylic acids is 1. The van der Waals surface area contributed by atoms with E-state index in [9.17, 15) is 4.79 Å². The van der Waals surface area contributed by atoms with Crippen LogP contribution in [0.15, 0.2) is 53.8 Å². The quantitative estimate of drug-likeness (QED) is 0.461. The predicted molar refractivity (Wildman–Crippen MR) is 135 cm³/mol. The summed E-state index contributed by atoms with van der Waals surface area (Å²) in [4.78, 5) is 20.7. The Morgan fingerprint density at radius 3 is 2.84 bits per heavy atom. The largest absolute Gasteiger partial charge is 0.370 e. The monoisotopic (exact) mass is 471 g/mol. The summed E-state index contributed by atoms with van der Waals surface area (Å²) < 4.78 is 0. The second-order valence-electron chi connectivity index (χ2n) is 7.41. The topological polar surface area (TPSA) is 82.8 Å². The molecule has 6 nitrogen and oxygen atoms in total. The highest BCUT2D eigenvalue weighted by molar-refractivity contribution is 7.15. The Labute approximate surface area is 198 Å².